The summed E-state index contributed by atoms with van der Waals surface area (Å²) in [5, 5.41) is 6.57. The highest BCUT2D eigenvalue weighted by Crippen LogP contribution is 2.32. The van der Waals surface area contributed by atoms with Crippen LogP contribution in [0, 0.1) is 5.92 Å². The highest BCUT2D eigenvalue weighted by molar-refractivity contribution is 6.01. The summed E-state index contributed by atoms with van der Waals surface area (Å²) in [7, 11) is 0. The van der Waals surface area contributed by atoms with E-state index in [-0.39, 0.29) is 17.9 Å². The van der Waals surface area contributed by atoms with Crippen LogP contribution in [0.5, 0.6) is 5.75 Å². The molecule has 34 heavy (non-hydrogen) atoms. The van der Waals surface area contributed by atoms with Gasteiger partial charge in [-0.05, 0) is 87.6 Å². The lowest BCUT2D eigenvalue weighted by Gasteiger charge is -2.33. The predicted octanol–water partition coefficient (Wildman–Crippen LogP) is 3.53. The zero-order valence-electron chi connectivity index (χ0n) is 20.0. The maximum Gasteiger partial charge on any atom is 0.255 e. The second-order valence-corrected chi connectivity index (χ2v) is 10.2. The fraction of sp³-hybridized carbons (Fsp3) is 0.630. The first-order chi connectivity index (χ1) is 16.6. The maximum absolute atomic E-state index is 13.0. The molecular weight excluding hydrogens is 430 g/mol. The molecule has 4 aliphatic rings. The Labute approximate surface area is 202 Å². The Hall–Kier alpha value is -2.38. The Bertz CT molecular complexity index is 926. The Kier molecular flexibility index (Phi) is 7.21. The molecule has 2 saturated heterocycles. The van der Waals surface area contributed by atoms with E-state index >= 15 is 0 Å². The van der Waals surface area contributed by atoms with Crippen LogP contribution in [0.1, 0.15) is 73.7 Å². The van der Waals surface area contributed by atoms with Gasteiger partial charge in [0.25, 0.3) is 5.91 Å². The molecule has 0 bridgehead atoms. The first-order valence-electron chi connectivity index (χ1n) is 13.0. The second-order valence-electron chi connectivity index (χ2n) is 10.2. The van der Waals surface area contributed by atoms with E-state index in [1.54, 1.807) is 4.90 Å². The summed E-state index contributed by atoms with van der Waals surface area (Å²) in [6, 6.07) is 5.71. The van der Waals surface area contributed by atoms with E-state index in [9.17, 15) is 9.59 Å². The molecule has 7 nitrogen and oxygen atoms in total. The number of nitrogens with one attached hydrogen (secondary N) is 2. The van der Waals surface area contributed by atoms with Gasteiger partial charge in [-0.3, -0.25) is 9.59 Å². The number of amides is 2. The summed E-state index contributed by atoms with van der Waals surface area (Å²) in [4.78, 5) is 27.1. The molecule has 2 amide bonds. The third kappa shape index (κ3) is 5.15. The fourth-order valence-corrected chi connectivity index (χ4v) is 5.86. The molecule has 1 aromatic rings. The van der Waals surface area contributed by atoms with E-state index in [1.807, 2.05) is 18.2 Å². The SMILES string of the molecule is C=C1CCC(N2Cc3cc(O[C@H]4CCCC[C@@H]4NCCC4CCOCC4)ccc3C2=O)C(=O)N1. The fourth-order valence-electron chi connectivity index (χ4n) is 5.86. The van der Waals surface area contributed by atoms with Crippen molar-refractivity contribution in [1.82, 2.24) is 15.5 Å². The van der Waals surface area contributed by atoms with Crippen molar-refractivity contribution >= 4 is 11.8 Å². The van der Waals surface area contributed by atoms with Crippen LogP contribution in [0.4, 0.5) is 0 Å². The van der Waals surface area contributed by atoms with E-state index in [0.717, 1.165) is 55.5 Å². The number of carbonyl (C=O) groups excluding carboxylic acids is 2. The van der Waals surface area contributed by atoms with Crippen LogP contribution in [-0.4, -0.2) is 54.7 Å². The minimum absolute atomic E-state index is 0.0699. The Morgan fingerprint density at radius 1 is 1.12 bits per heavy atom. The molecule has 1 unspecified atom stereocenters. The van der Waals surface area contributed by atoms with Crippen molar-refractivity contribution in [2.24, 2.45) is 5.92 Å². The molecule has 3 heterocycles. The largest absolute Gasteiger partial charge is 0.489 e. The van der Waals surface area contributed by atoms with Gasteiger partial charge < -0.3 is 25.0 Å². The van der Waals surface area contributed by atoms with Crippen molar-refractivity contribution in [3.05, 3.63) is 41.6 Å². The van der Waals surface area contributed by atoms with Crippen molar-refractivity contribution in [3.63, 3.8) is 0 Å². The minimum Gasteiger partial charge on any atom is -0.489 e. The first-order valence-corrected chi connectivity index (χ1v) is 13.0. The standard InChI is InChI=1S/C27H37N3O4/c1-18-6-9-24(26(31)29-18)30-17-20-16-21(7-8-22(20)27(30)32)34-25-5-3-2-4-23(25)28-13-10-19-11-14-33-15-12-19/h7-8,16,19,23-25,28H,1-6,9-15,17H2,(H,29,31)/t23-,24?,25-/m0/s1. The highest BCUT2D eigenvalue weighted by Gasteiger charge is 2.38. The number of fused-ring (bicyclic) bond motifs is 1. The lowest BCUT2D eigenvalue weighted by molar-refractivity contribution is -0.126. The van der Waals surface area contributed by atoms with Gasteiger partial charge in [-0.15, -0.1) is 0 Å². The molecule has 3 fully saturated rings. The van der Waals surface area contributed by atoms with E-state index in [0.29, 0.717) is 31.0 Å². The molecule has 3 aliphatic heterocycles. The molecule has 5 rings (SSSR count). The zero-order valence-corrected chi connectivity index (χ0v) is 20.0. The molecule has 1 aromatic carbocycles. The summed E-state index contributed by atoms with van der Waals surface area (Å²) < 4.78 is 12.0. The van der Waals surface area contributed by atoms with Gasteiger partial charge in [0.2, 0.25) is 5.91 Å². The average Bonchev–Trinajstić information content (AvgIpc) is 3.16. The molecular formula is C27H37N3O4. The molecule has 2 N–H and O–H groups in total. The number of carbonyl (C=O) groups is 2. The Balaban J connectivity index is 1.19. The average molecular weight is 468 g/mol. The third-order valence-corrected chi connectivity index (χ3v) is 7.90. The van der Waals surface area contributed by atoms with Crippen LogP contribution in [0.25, 0.3) is 0 Å². The van der Waals surface area contributed by atoms with Crippen molar-refractivity contribution in [1.29, 1.82) is 0 Å². The van der Waals surface area contributed by atoms with Gasteiger partial charge in [0.1, 0.15) is 17.9 Å². The van der Waals surface area contributed by atoms with Crippen LogP contribution in [0.15, 0.2) is 30.5 Å². The van der Waals surface area contributed by atoms with Crippen LogP contribution >= 0.6 is 0 Å². The van der Waals surface area contributed by atoms with Crippen molar-refractivity contribution in [3.8, 4) is 5.75 Å². The topological polar surface area (TPSA) is 79.9 Å². The Morgan fingerprint density at radius 2 is 1.94 bits per heavy atom. The minimum atomic E-state index is -0.433. The number of benzene rings is 1. The number of ether oxygens (including phenoxy) is 2. The highest BCUT2D eigenvalue weighted by atomic mass is 16.5. The molecule has 0 aromatic heterocycles. The normalized spacial score (nSPS) is 28.1. The summed E-state index contributed by atoms with van der Waals surface area (Å²) in [5.74, 6) is 1.38. The van der Waals surface area contributed by atoms with Gasteiger partial charge >= 0.3 is 0 Å². The molecule has 0 radical (unpaired) electrons. The molecule has 1 aliphatic carbocycles. The van der Waals surface area contributed by atoms with E-state index in [4.69, 9.17) is 9.47 Å². The van der Waals surface area contributed by atoms with Crippen LogP contribution in [0.2, 0.25) is 0 Å². The van der Waals surface area contributed by atoms with Gasteiger partial charge in [-0.25, -0.2) is 0 Å². The van der Waals surface area contributed by atoms with Crippen LogP contribution in [0.3, 0.4) is 0 Å². The third-order valence-electron chi connectivity index (χ3n) is 7.90. The number of piperidine rings is 1. The predicted molar refractivity (Wildman–Crippen MR) is 129 cm³/mol. The summed E-state index contributed by atoms with van der Waals surface area (Å²) >= 11 is 0. The van der Waals surface area contributed by atoms with Gasteiger partial charge in [0.15, 0.2) is 0 Å². The molecule has 1 saturated carbocycles. The lowest BCUT2D eigenvalue weighted by atomic mass is 9.91. The van der Waals surface area contributed by atoms with Gasteiger partial charge in [0, 0.05) is 37.1 Å². The molecule has 184 valence electrons. The molecule has 0 spiro atoms. The zero-order chi connectivity index (χ0) is 23.5. The number of allylic oxidation sites excluding steroid dienone is 1. The van der Waals surface area contributed by atoms with Gasteiger partial charge in [-0.2, -0.15) is 0 Å². The van der Waals surface area contributed by atoms with Gasteiger partial charge in [-0.1, -0.05) is 13.0 Å². The molecule has 7 heteroatoms. The smallest absolute Gasteiger partial charge is 0.255 e. The lowest BCUT2D eigenvalue weighted by Crippen LogP contribution is -2.49. The van der Waals surface area contributed by atoms with Crippen molar-refractivity contribution in [2.75, 3.05) is 19.8 Å². The van der Waals surface area contributed by atoms with E-state index < -0.39 is 6.04 Å². The van der Waals surface area contributed by atoms with E-state index in [2.05, 4.69) is 17.2 Å². The summed E-state index contributed by atoms with van der Waals surface area (Å²) in [6.45, 7) is 7.12. The summed E-state index contributed by atoms with van der Waals surface area (Å²) in [6.07, 6.45) is 9.62. The number of rotatable bonds is 7. The number of nitrogens with zero attached hydrogens (tertiary/aromatic N) is 1. The molecule has 3 atom stereocenters. The van der Waals surface area contributed by atoms with E-state index in [1.165, 1.54) is 32.1 Å². The monoisotopic (exact) mass is 467 g/mol. The number of hydrogen-bond acceptors (Lipinski definition) is 5. The van der Waals surface area contributed by atoms with Gasteiger partial charge in [0.05, 0.1) is 0 Å². The van der Waals surface area contributed by atoms with Crippen molar-refractivity contribution in [2.45, 2.75) is 82.5 Å². The maximum atomic E-state index is 13.0. The van der Waals surface area contributed by atoms with Crippen molar-refractivity contribution < 1.29 is 19.1 Å². The summed E-state index contributed by atoms with van der Waals surface area (Å²) in [5.41, 5.74) is 2.35. The Morgan fingerprint density at radius 3 is 2.76 bits per heavy atom. The van der Waals surface area contributed by atoms with Crippen LogP contribution in [-0.2, 0) is 16.1 Å². The quantitative estimate of drug-likeness (QED) is 0.641. The second kappa shape index (κ2) is 10.5. The number of hydrogen-bond donors (Lipinski definition) is 2. The van der Waals surface area contributed by atoms with Crippen LogP contribution < -0.4 is 15.4 Å². The first kappa shape index (κ1) is 23.4.